The predicted molar refractivity (Wildman–Crippen MR) is 106 cm³/mol. The van der Waals surface area contributed by atoms with E-state index in [-0.39, 0.29) is 5.91 Å². The Kier molecular flexibility index (Phi) is 5.31. The van der Waals surface area contributed by atoms with Crippen LogP contribution in [0.2, 0.25) is 0 Å². The van der Waals surface area contributed by atoms with Crippen LogP contribution in [0.3, 0.4) is 0 Å². The lowest BCUT2D eigenvalue weighted by Gasteiger charge is -2.10. The van der Waals surface area contributed by atoms with Gasteiger partial charge in [0.15, 0.2) is 0 Å². The van der Waals surface area contributed by atoms with E-state index in [1.807, 2.05) is 25.1 Å². The molecule has 26 heavy (non-hydrogen) atoms. The summed E-state index contributed by atoms with van der Waals surface area (Å²) in [6.45, 7) is 9.17. The second-order valence-electron chi connectivity index (χ2n) is 6.90. The van der Waals surface area contributed by atoms with E-state index in [0.29, 0.717) is 19.6 Å². The lowest BCUT2D eigenvalue weighted by atomic mass is 10.1. The summed E-state index contributed by atoms with van der Waals surface area (Å²) >= 11 is 0. The Balaban J connectivity index is 1.50. The maximum Gasteiger partial charge on any atom is 0.223 e. The number of rotatable bonds is 6. The first-order valence-corrected chi connectivity index (χ1v) is 8.98. The quantitative estimate of drug-likeness (QED) is 0.688. The largest absolute Gasteiger partial charge is 0.493 e. The summed E-state index contributed by atoms with van der Waals surface area (Å²) in [6, 6.07) is 12.3. The Morgan fingerprint density at radius 1 is 1.08 bits per heavy atom. The number of hydrogen-bond donors (Lipinski definition) is 2. The summed E-state index contributed by atoms with van der Waals surface area (Å²) in [7, 11) is 0. The normalized spacial score (nSPS) is 10.9. The minimum atomic E-state index is -0.00293. The fraction of sp³-hybridized carbons (Fsp3) is 0.318. The first-order valence-electron chi connectivity index (χ1n) is 8.98. The third-order valence-corrected chi connectivity index (χ3v) is 4.78. The van der Waals surface area contributed by atoms with Crippen LogP contribution in [-0.2, 0) is 11.3 Å². The fourth-order valence-corrected chi connectivity index (χ4v) is 3.12. The minimum absolute atomic E-state index is 0.00293. The lowest BCUT2D eigenvalue weighted by Crippen LogP contribution is -2.24. The molecule has 0 saturated carbocycles. The molecule has 0 radical (unpaired) electrons. The van der Waals surface area contributed by atoms with E-state index in [2.05, 4.69) is 49.3 Å². The van der Waals surface area contributed by atoms with E-state index in [0.717, 1.165) is 22.4 Å². The molecule has 0 fully saturated rings. The summed E-state index contributed by atoms with van der Waals surface area (Å²) in [5, 5.41) is 4.19. The molecule has 0 aliphatic carbocycles. The zero-order chi connectivity index (χ0) is 18.7. The first kappa shape index (κ1) is 18.1. The molecule has 1 heterocycles. The Bertz CT molecular complexity index is 941. The minimum Gasteiger partial charge on any atom is -0.493 e. The second-order valence-corrected chi connectivity index (χ2v) is 6.90. The molecule has 3 rings (SSSR count). The van der Waals surface area contributed by atoms with Crippen LogP contribution >= 0.6 is 0 Å². The first-order chi connectivity index (χ1) is 12.4. The van der Waals surface area contributed by atoms with Gasteiger partial charge in [0.2, 0.25) is 5.91 Å². The number of aryl methyl sites for hydroxylation is 4. The fourth-order valence-electron chi connectivity index (χ4n) is 3.12. The molecule has 4 nitrogen and oxygen atoms in total. The molecule has 1 aromatic heterocycles. The van der Waals surface area contributed by atoms with Crippen LogP contribution in [0.4, 0.5) is 0 Å². The molecule has 0 unspecified atom stereocenters. The van der Waals surface area contributed by atoms with Crippen molar-refractivity contribution in [2.45, 2.75) is 40.7 Å². The van der Waals surface area contributed by atoms with E-state index < -0.39 is 0 Å². The van der Waals surface area contributed by atoms with Gasteiger partial charge in [0.25, 0.3) is 0 Å². The van der Waals surface area contributed by atoms with E-state index in [4.69, 9.17) is 4.74 Å². The molecule has 4 heteroatoms. The molecule has 136 valence electrons. The van der Waals surface area contributed by atoms with Gasteiger partial charge in [-0.1, -0.05) is 23.8 Å². The highest BCUT2D eigenvalue weighted by Crippen LogP contribution is 2.22. The number of hydrogen-bond acceptors (Lipinski definition) is 2. The van der Waals surface area contributed by atoms with Crippen molar-refractivity contribution in [3.8, 4) is 5.75 Å². The summed E-state index contributed by atoms with van der Waals surface area (Å²) in [6.07, 6.45) is 0.345. The van der Waals surface area contributed by atoms with Crippen LogP contribution in [0.1, 0.15) is 34.4 Å². The maximum atomic E-state index is 12.1. The SMILES string of the molecule is Cc1ccc(OCCC(=O)NCc2ccc3[nH]c(C)c(C)c3c2)c(C)c1. The van der Waals surface area contributed by atoms with Crippen molar-refractivity contribution in [2.75, 3.05) is 6.61 Å². The molecule has 2 N–H and O–H groups in total. The van der Waals surface area contributed by atoms with Crippen molar-refractivity contribution in [2.24, 2.45) is 0 Å². The van der Waals surface area contributed by atoms with E-state index in [1.54, 1.807) is 0 Å². The van der Waals surface area contributed by atoms with Gasteiger partial charge in [0.05, 0.1) is 13.0 Å². The van der Waals surface area contributed by atoms with Crippen molar-refractivity contribution in [3.63, 3.8) is 0 Å². The van der Waals surface area contributed by atoms with Crippen molar-refractivity contribution in [1.82, 2.24) is 10.3 Å². The van der Waals surface area contributed by atoms with Crippen LogP contribution in [0, 0.1) is 27.7 Å². The molecule has 0 spiro atoms. The molecule has 0 aliphatic heterocycles. The Morgan fingerprint density at radius 2 is 1.88 bits per heavy atom. The van der Waals surface area contributed by atoms with Gasteiger partial charge < -0.3 is 15.0 Å². The summed E-state index contributed by atoms with van der Waals surface area (Å²) in [5.41, 5.74) is 6.98. The molecule has 2 aromatic carbocycles. The zero-order valence-electron chi connectivity index (χ0n) is 15.9. The molecule has 0 aliphatic rings. The summed E-state index contributed by atoms with van der Waals surface area (Å²) in [5.74, 6) is 0.837. The van der Waals surface area contributed by atoms with Gasteiger partial charge in [0, 0.05) is 23.1 Å². The number of amides is 1. The maximum absolute atomic E-state index is 12.1. The van der Waals surface area contributed by atoms with Crippen molar-refractivity contribution in [1.29, 1.82) is 0 Å². The molecule has 0 atom stereocenters. The van der Waals surface area contributed by atoms with Crippen LogP contribution in [0.5, 0.6) is 5.75 Å². The van der Waals surface area contributed by atoms with Gasteiger partial charge in [-0.15, -0.1) is 0 Å². The second kappa shape index (κ2) is 7.65. The topological polar surface area (TPSA) is 54.1 Å². The average Bonchev–Trinajstić information content (AvgIpc) is 2.89. The third-order valence-electron chi connectivity index (χ3n) is 4.78. The standard InChI is InChI=1S/C22H26N2O2/c1-14-5-8-21(15(2)11-14)26-10-9-22(25)23-13-18-6-7-20-19(12-18)16(3)17(4)24-20/h5-8,11-12,24H,9-10,13H2,1-4H3,(H,23,25). The highest BCUT2D eigenvalue weighted by Gasteiger charge is 2.07. The number of ether oxygens (including phenoxy) is 1. The van der Waals surface area contributed by atoms with Crippen molar-refractivity contribution >= 4 is 16.8 Å². The van der Waals surface area contributed by atoms with E-state index >= 15 is 0 Å². The number of H-pyrrole nitrogens is 1. The number of carbonyl (C=O) groups is 1. The number of benzene rings is 2. The van der Waals surface area contributed by atoms with Crippen molar-refractivity contribution in [3.05, 3.63) is 64.3 Å². The van der Waals surface area contributed by atoms with Crippen LogP contribution in [0.25, 0.3) is 10.9 Å². The van der Waals surface area contributed by atoms with Gasteiger partial charge in [-0.05, 0) is 62.6 Å². The van der Waals surface area contributed by atoms with Crippen LogP contribution < -0.4 is 10.1 Å². The number of carbonyl (C=O) groups excluding carboxylic acids is 1. The van der Waals surface area contributed by atoms with Gasteiger partial charge in [0.1, 0.15) is 5.75 Å². The smallest absolute Gasteiger partial charge is 0.223 e. The van der Waals surface area contributed by atoms with Gasteiger partial charge in [-0.25, -0.2) is 0 Å². The number of aromatic amines is 1. The predicted octanol–water partition coefficient (Wildman–Crippen LogP) is 4.49. The van der Waals surface area contributed by atoms with Crippen molar-refractivity contribution < 1.29 is 9.53 Å². The number of aromatic nitrogens is 1. The van der Waals surface area contributed by atoms with E-state index in [1.165, 1.54) is 22.2 Å². The van der Waals surface area contributed by atoms with Gasteiger partial charge >= 0.3 is 0 Å². The summed E-state index contributed by atoms with van der Waals surface area (Å²) < 4.78 is 5.73. The van der Waals surface area contributed by atoms with Crippen LogP contribution in [-0.4, -0.2) is 17.5 Å². The Morgan fingerprint density at radius 3 is 2.65 bits per heavy atom. The molecule has 0 saturated heterocycles. The van der Waals surface area contributed by atoms with Gasteiger partial charge in [-0.2, -0.15) is 0 Å². The molecule has 0 bridgehead atoms. The summed E-state index contributed by atoms with van der Waals surface area (Å²) in [4.78, 5) is 15.4. The highest BCUT2D eigenvalue weighted by molar-refractivity contribution is 5.85. The molecular formula is C22H26N2O2. The Labute approximate surface area is 154 Å². The molecular weight excluding hydrogens is 324 g/mol. The van der Waals surface area contributed by atoms with E-state index in [9.17, 15) is 4.79 Å². The third kappa shape index (κ3) is 4.07. The van der Waals surface area contributed by atoms with Crippen LogP contribution in [0.15, 0.2) is 36.4 Å². The lowest BCUT2D eigenvalue weighted by molar-refractivity contribution is -0.121. The zero-order valence-corrected chi connectivity index (χ0v) is 15.9. The monoisotopic (exact) mass is 350 g/mol. The van der Waals surface area contributed by atoms with Gasteiger partial charge in [-0.3, -0.25) is 4.79 Å². The molecule has 3 aromatic rings. The number of fused-ring (bicyclic) bond motifs is 1. The Hall–Kier alpha value is -2.75. The average molecular weight is 350 g/mol. The molecule has 1 amide bonds. The highest BCUT2D eigenvalue weighted by atomic mass is 16.5. The number of nitrogens with one attached hydrogen (secondary N) is 2.